The molecule has 23 nitrogen and oxygen atoms in total. The fourth-order valence-electron chi connectivity index (χ4n) is 5.35. The van der Waals surface area contributed by atoms with Gasteiger partial charge in [0.2, 0.25) is 11.9 Å². The predicted octanol–water partition coefficient (Wildman–Crippen LogP) is -2.02. The second kappa shape index (κ2) is 10.7. The molecule has 9 N–H and O–H groups in total. The van der Waals surface area contributed by atoms with Gasteiger partial charge in [-0.3, -0.25) is 46.8 Å². The summed E-state index contributed by atoms with van der Waals surface area (Å²) in [6, 6.07) is 0. The summed E-state index contributed by atoms with van der Waals surface area (Å²) >= 11 is 0. The van der Waals surface area contributed by atoms with Gasteiger partial charge in [-0.25, -0.2) is 19.1 Å². The molecule has 0 bridgehead atoms. The molecular formula is C20H24N10O13P2. The molecule has 0 spiro atoms. The molecule has 4 aromatic rings. The van der Waals surface area contributed by atoms with E-state index < -0.39 is 83.0 Å². The molecule has 0 aliphatic carbocycles. The number of aliphatic hydroxyl groups excluding tert-OH is 1. The number of anilines is 2. The zero-order valence-corrected chi connectivity index (χ0v) is 24.3. The number of imidazole rings is 2. The summed E-state index contributed by atoms with van der Waals surface area (Å²) in [5, 5.41) is 11.1. The number of hydrogen-bond donors (Lipinski definition) is 7. The maximum Gasteiger partial charge on any atom is 0.472 e. The van der Waals surface area contributed by atoms with Gasteiger partial charge in [-0.05, 0) is 0 Å². The van der Waals surface area contributed by atoms with E-state index in [1.807, 2.05) is 0 Å². The molecule has 4 unspecified atom stereocenters. The van der Waals surface area contributed by atoms with Crippen molar-refractivity contribution in [3.05, 3.63) is 33.4 Å². The fraction of sp³-hybridized carbons (Fsp3) is 0.500. The number of nitrogen functional groups attached to an aromatic ring is 2. The van der Waals surface area contributed by atoms with E-state index in [-0.39, 0.29) is 40.6 Å². The van der Waals surface area contributed by atoms with Gasteiger partial charge in [-0.2, -0.15) is 9.97 Å². The minimum atomic E-state index is -5.00. The van der Waals surface area contributed by atoms with E-state index in [1.165, 1.54) is 10.9 Å². The summed E-state index contributed by atoms with van der Waals surface area (Å²) in [5.74, 6) is -0.456. The van der Waals surface area contributed by atoms with Crippen LogP contribution in [0.25, 0.3) is 22.3 Å². The zero-order valence-electron chi connectivity index (χ0n) is 22.5. The van der Waals surface area contributed by atoms with Gasteiger partial charge in [-0.15, -0.1) is 0 Å². The molecule has 3 fully saturated rings. The minimum absolute atomic E-state index is 0.0424. The Kier molecular flexibility index (Phi) is 7.18. The Morgan fingerprint density at radius 1 is 0.822 bits per heavy atom. The molecule has 0 radical (unpaired) electrons. The van der Waals surface area contributed by atoms with Crippen molar-refractivity contribution in [1.29, 1.82) is 0 Å². The Labute approximate surface area is 248 Å². The van der Waals surface area contributed by atoms with Gasteiger partial charge in [0.05, 0.1) is 25.9 Å². The van der Waals surface area contributed by atoms with Gasteiger partial charge in [0, 0.05) is 6.42 Å². The lowest BCUT2D eigenvalue weighted by Gasteiger charge is -2.27. The second-order valence-electron chi connectivity index (χ2n) is 10.2. The van der Waals surface area contributed by atoms with Crippen molar-refractivity contribution < 1.29 is 51.6 Å². The molecule has 0 saturated carbocycles. The second-order valence-corrected chi connectivity index (χ2v) is 13.0. The topological polar surface area (TPSA) is 329 Å². The number of nitrogens with zero attached hydrogens (tertiary/aromatic N) is 6. The predicted molar refractivity (Wildman–Crippen MR) is 145 cm³/mol. The average Bonchev–Trinajstić information content (AvgIpc) is 3.71. The summed E-state index contributed by atoms with van der Waals surface area (Å²) in [5.41, 5.74) is 9.75. The smallest absolute Gasteiger partial charge is 0.386 e. The molecule has 25 heteroatoms. The number of aliphatic hydroxyl groups is 1. The molecule has 3 aliphatic heterocycles. The number of ether oxygens (including phenoxy) is 2. The van der Waals surface area contributed by atoms with Crippen molar-refractivity contribution in [1.82, 2.24) is 39.0 Å². The van der Waals surface area contributed by atoms with Crippen LogP contribution in [0.3, 0.4) is 0 Å². The normalized spacial score (nSPS) is 36.0. The van der Waals surface area contributed by atoms with Crippen molar-refractivity contribution in [3.8, 4) is 0 Å². The Balaban J connectivity index is 1.16. The molecule has 9 atom stereocenters. The van der Waals surface area contributed by atoms with Crippen molar-refractivity contribution in [2.24, 2.45) is 0 Å². The van der Waals surface area contributed by atoms with Gasteiger partial charge < -0.3 is 35.8 Å². The van der Waals surface area contributed by atoms with Crippen LogP contribution in [0.4, 0.5) is 11.9 Å². The van der Waals surface area contributed by atoms with Crippen LogP contribution in [-0.2, 0) is 36.7 Å². The van der Waals surface area contributed by atoms with E-state index >= 15 is 0 Å². The summed E-state index contributed by atoms with van der Waals surface area (Å²) in [6.45, 7) is -1.48. The summed E-state index contributed by atoms with van der Waals surface area (Å²) in [6.07, 6.45) is -7.63. The van der Waals surface area contributed by atoms with Crippen LogP contribution in [0.5, 0.6) is 0 Å². The van der Waals surface area contributed by atoms with E-state index in [2.05, 4.69) is 29.9 Å². The minimum Gasteiger partial charge on any atom is -0.386 e. The molecule has 7 rings (SSSR count). The zero-order chi connectivity index (χ0) is 31.8. The van der Waals surface area contributed by atoms with E-state index in [1.54, 1.807) is 0 Å². The molecule has 7 heterocycles. The van der Waals surface area contributed by atoms with E-state index in [0.29, 0.717) is 0 Å². The van der Waals surface area contributed by atoms with Crippen molar-refractivity contribution in [2.75, 3.05) is 24.7 Å². The lowest BCUT2D eigenvalue weighted by atomic mass is 10.1. The fourth-order valence-corrected chi connectivity index (χ4v) is 7.27. The van der Waals surface area contributed by atoms with Crippen LogP contribution in [-0.4, -0.2) is 97.7 Å². The standard InChI is InChI=1S/C20H24N10O13P2/c21-19-25-14-10(16(32)27-19)23-4-29(14)9-1-6-7(40-9)2-38-45(36,37)43-13-8(3-39-44(34,35)42-6)41-18(12(13)31)30-5-24-11-15(30)26-20(22)28-17(11)33/h4-9,12-13,18,31H,1-3H2,(H,34,35)(H,36,37)(H3,21,25,27,32)(H3,22,26,28,33)/t6?,7-,8-,9-,12+,13?,18-/m1/s1. The molecule has 242 valence electrons. The Morgan fingerprint density at radius 3 is 2.02 bits per heavy atom. The number of phosphoric acid groups is 2. The van der Waals surface area contributed by atoms with E-state index in [9.17, 15) is 33.6 Å². The first kappa shape index (κ1) is 30.1. The highest BCUT2D eigenvalue weighted by Crippen LogP contribution is 2.53. The molecular weight excluding hydrogens is 650 g/mol. The number of rotatable bonds is 2. The SMILES string of the molecule is Nc1nc2c(ncn2[C@@H]2O[C@@H]3COP(=O)(O)OC4C[C@H](n5cnc6c(=O)[nH]c(N)nc65)O[C@@H]4COP(=O)(O)OC3[C@@H]2O)c(=O)[nH]1. The van der Waals surface area contributed by atoms with Crippen molar-refractivity contribution >= 4 is 49.9 Å². The van der Waals surface area contributed by atoms with Gasteiger partial charge in [0.25, 0.3) is 11.1 Å². The lowest BCUT2D eigenvalue weighted by Crippen LogP contribution is -2.37. The molecule has 3 saturated heterocycles. The first-order valence-electron chi connectivity index (χ1n) is 13.0. The van der Waals surface area contributed by atoms with E-state index in [0.717, 1.165) is 10.9 Å². The number of fused-ring (bicyclic) bond motifs is 4. The number of aromatic amines is 2. The number of H-pyrrole nitrogens is 2. The third-order valence-corrected chi connectivity index (χ3v) is 9.30. The van der Waals surface area contributed by atoms with Crippen LogP contribution in [0, 0.1) is 0 Å². The van der Waals surface area contributed by atoms with Gasteiger partial charge in [0.1, 0.15) is 36.7 Å². The number of hydrogen-bond acceptors (Lipinski definition) is 17. The van der Waals surface area contributed by atoms with Gasteiger partial charge >= 0.3 is 15.6 Å². The Bertz CT molecular complexity index is 2010. The van der Waals surface area contributed by atoms with Crippen LogP contribution in [0.2, 0.25) is 0 Å². The summed E-state index contributed by atoms with van der Waals surface area (Å²) < 4.78 is 61.2. The Morgan fingerprint density at radius 2 is 1.38 bits per heavy atom. The third kappa shape index (κ3) is 5.47. The molecule has 3 aliphatic rings. The van der Waals surface area contributed by atoms with Crippen LogP contribution < -0.4 is 22.6 Å². The average molecular weight is 674 g/mol. The lowest BCUT2D eigenvalue weighted by molar-refractivity contribution is -0.0662. The van der Waals surface area contributed by atoms with Gasteiger partial charge in [0.15, 0.2) is 28.6 Å². The highest BCUT2D eigenvalue weighted by molar-refractivity contribution is 7.47. The van der Waals surface area contributed by atoms with Crippen LogP contribution in [0.15, 0.2) is 22.2 Å². The molecule has 4 aromatic heterocycles. The summed E-state index contributed by atoms with van der Waals surface area (Å²) in [7, 11) is -9.90. The number of phosphoric ester groups is 2. The van der Waals surface area contributed by atoms with Crippen molar-refractivity contribution in [2.45, 2.75) is 49.4 Å². The quantitative estimate of drug-likeness (QED) is 0.113. The maximum atomic E-state index is 13.1. The Hall–Kier alpha value is -3.60. The third-order valence-electron chi connectivity index (χ3n) is 7.30. The molecule has 0 amide bonds. The number of aromatic nitrogens is 8. The highest BCUT2D eigenvalue weighted by Gasteiger charge is 2.52. The monoisotopic (exact) mass is 674 g/mol. The van der Waals surface area contributed by atoms with Crippen molar-refractivity contribution in [3.63, 3.8) is 0 Å². The first-order chi connectivity index (χ1) is 21.3. The number of nitrogens with one attached hydrogen (secondary N) is 2. The summed E-state index contributed by atoms with van der Waals surface area (Å²) in [4.78, 5) is 66.2. The molecule has 45 heavy (non-hydrogen) atoms. The highest BCUT2D eigenvalue weighted by atomic mass is 31.2. The number of nitrogens with two attached hydrogens (primary N) is 2. The van der Waals surface area contributed by atoms with Crippen LogP contribution >= 0.6 is 15.6 Å². The molecule has 0 aromatic carbocycles. The van der Waals surface area contributed by atoms with Crippen LogP contribution in [0.1, 0.15) is 18.9 Å². The largest absolute Gasteiger partial charge is 0.472 e. The van der Waals surface area contributed by atoms with Gasteiger partial charge in [-0.1, -0.05) is 0 Å². The van der Waals surface area contributed by atoms with E-state index in [4.69, 9.17) is 39.0 Å². The maximum absolute atomic E-state index is 13.1. The first-order valence-corrected chi connectivity index (χ1v) is 16.0.